The van der Waals surface area contributed by atoms with Gasteiger partial charge in [-0.1, -0.05) is 31.4 Å². The number of nitrogens with two attached hydrogens (primary N) is 1. The number of rotatable bonds is 6. The van der Waals surface area contributed by atoms with Crippen LogP contribution in [0, 0.1) is 0 Å². The van der Waals surface area contributed by atoms with Crippen molar-refractivity contribution >= 4 is 11.6 Å². The van der Waals surface area contributed by atoms with Gasteiger partial charge in [-0.25, -0.2) is 0 Å². The van der Waals surface area contributed by atoms with Crippen molar-refractivity contribution in [3.05, 3.63) is 16.4 Å². The van der Waals surface area contributed by atoms with Gasteiger partial charge in [-0.2, -0.15) is 5.10 Å². The Morgan fingerprint density at radius 1 is 1.33 bits per heavy atom. The largest absolute Gasteiger partial charge is 0.326 e. The van der Waals surface area contributed by atoms with Gasteiger partial charge in [-0.05, 0) is 40.3 Å². The van der Waals surface area contributed by atoms with Crippen molar-refractivity contribution in [1.29, 1.82) is 0 Å². The van der Waals surface area contributed by atoms with Crippen molar-refractivity contribution in [3.63, 3.8) is 0 Å². The van der Waals surface area contributed by atoms with Crippen LogP contribution in [0.4, 0.5) is 0 Å². The van der Waals surface area contributed by atoms with Crippen LogP contribution in [0.25, 0.3) is 0 Å². The third-order valence-corrected chi connectivity index (χ3v) is 5.59. The predicted molar refractivity (Wildman–Crippen MR) is 88.9 cm³/mol. The van der Waals surface area contributed by atoms with Gasteiger partial charge in [-0.3, -0.25) is 4.68 Å². The summed E-state index contributed by atoms with van der Waals surface area (Å²) in [5.74, 6) is 0. The molecule has 0 bridgehead atoms. The van der Waals surface area contributed by atoms with E-state index in [1.165, 1.54) is 25.7 Å². The molecule has 4 nitrogen and oxygen atoms in total. The number of aromatic nitrogens is 2. The van der Waals surface area contributed by atoms with Crippen molar-refractivity contribution in [2.24, 2.45) is 5.73 Å². The Labute approximate surface area is 133 Å². The van der Waals surface area contributed by atoms with Crippen LogP contribution in [0.5, 0.6) is 0 Å². The van der Waals surface area contributed by atoms with Crippen LogP contribution in [-0.4, -0.2) is 40.4 Å². The first-order chi connectivity index (χ1) is 9.96. The highest BCUT2D eigenvalue weighted by molar-refractivity contribution is 6.31. The fourth-order valence-corrected chi connectivity index (χ4v) is 4.09. The summed E-state index contributed by atoms with van der Waals surface area (Å²) < 4.78 is 2.03. The second kappa shape index (κ2) is 6.67. The average Bonchev–Trinajstić information content (AvgIpc) is 3.06. The SMILES string of the molecule is CCc1nn(CC)c(CC(N)C2(N(C)C)CCCC2)c1Cl. The molecule has 0 aliphatic heterocycles. The molecule has 0 saturated heterocycles. The fourth-order valence-electron chi connectivity index (χ4n) is 3.75. The topological polar surface area (TPSA) is 47.1 Å². The Bertz CT molecular complexity index is 475. The van der Waals surface area contributed by atoms with E-state index in [0.717, 1.165) is 35.8 Å². The maximum atomic E-state index is 6.65. The number of nitrogens with zero attached hydrogens (tertiary/aromatic N) is 3. The molecule has 1 aromatic rings. The smallest absolute Gasteiger partial charge is 0.0850 e. The molecular formula is C16H29ClN4. The lowest BCUT2D eigenvalue weighted by Crippen LogP contribution is -2.56. The van der Waals surface area contributed by atoms with E-state index in [1.807, 2.05) is 4.68 Å². The van der Waals surface area contributed by atoms with Crippen LogP contribution in [0.1, 0.15) is 50.9 Å². The van der Waals surface area contributed by atoms with Gasteiger partial charge in [0.05, 0.1) is 16.4 Å². The summed E-state index contributed by atoms with van der Waals surface area (Å²) in [5, 5.41) is 5.43. The van der Waals surface area contributed by atoms with Crippen molar-refractivity contribution in [2.45, 2.75) is 70.5 Å². The van der Waals surface area contributed by atoms with Crippen LogP contribution in [-0.2, 0) is 19.4 Å². The molecule has 1 aromatic heterocycles. The van der Waals surface area contributed by atoms with E-state index in [-0.39, 0.29) is 11.6 Å². The maximum absolute atomic E-state index is 6.65. The first-order valence-corrected chi connectivity index (χ1v) is 8.51. The summed E-state index contributed by atoms with van der Waals surface area (Å²) in [7, 11) is 4.31. The lowest BCUT2D eigenvalue weighted by Gasteiger charge is -2.41. The van der Waals surface area contributed by atoms with Gasteiger partial charge < -0.3 is 10.6 Å². The van der Waals surface area contributed by atoms with E-state index in [2.05, 4.69) is 37.9 Å². The van der Waals surface area contributed by atoms with Crippen LogP contribution in [0.2, 0.25) is 5.02 Å². The molecule has 1 unspecified atom stereocenters. The molecule has 0 spiro atoms. The van der Waals surface area contributed by atoms with E-state index >= 15 is 0 Å². The van der Waals surface area contributed by atoms with Crippen LogP contribution in [0.3, 0.4) is 0 Å². The van der Waals surface area contributed by atoms with Gasteiger partial charge in [0.2, 0.25) is 0 Å². The van der Waals surface area contributed by atoms with Gasteiger partial charge in [0.25, 0.3) is 0 Å². The van der Waals surface area contributed by atoms with Gasteiger partial charge >= 0.3 is 0 Å². The number of aryl methyl sites for hydroxylation is 2. The second-order valence-electron chi connectivity index (χ2n) is 6.39. The molecule has 1 fully saturated rings. The molecule has 1 aliphatic carbocycles. The summed E-state index contributed by atoms with van der Waals surface area (Å²) in [4.78, 5) is 2.33. The fraction of sp³-hybridized carbons (Fsp3) is 0.812. The van der Waals surface area contributed by atoms with E-state index in [1.54, 1.807) is 0 Å². The zero-order chi connectivity index (χ0) is 15.6. The van der Waals surface area contributed by atoms with E-state index in [0.29, 0.717) is 0 Å². The molecule has 120 valence electrons. The standard InChI is InChI=1S/C16H29ClN4/c1-5-12-15(17)13(21(6-2)19-12)11-14(18)16(20(3)4)9-7-8-10-16/h14H,5-11,18H2,1-4H3. The molecule has 0 radical (unpaired) electrons. The third-order valence-electron chi connectivity index (χ3n) is 5.16. The van der Waals surface area contributed by atoms with E-state index < -0.39 is 0 Å². The van der Waals surface area contributed by atoms with Crippen molar-refractivity contribution in [2.75, 3.05) is 14.1 Å². The zero-order valence-electron chi connectivity index (χ0n) is 13.8. The highest BCUT2D eigenvalue weighted by Crippen LogP contribution is 2.37. The van der Waals surface area contributed by atoms with Crippen molar-refractivity contribution in [1.82, 2.24) is 14.7 Å². The van der Waals surface area contributed by atoms with Crippen molar-refractivity contribution < 1.29 is 0 Å². The Morgan fingerprint density at radius 2 is 1.95 bits per heavy atom. The Balaban J connectivity index is 2.26. The number of halogens is 1. The summed E-state index contributed by atoms with van der Waals surface area (Å²) in [5.41, 5.74) is 8.86. The number of likely N-dealkylation sites (N-methyl/N-ethyl adjacent to an activating group) is 1. The third kappa shape index (κ3) is 2.99. The first kappa shape index (κ1) is 16.8. The first-order valence-electron chi connectivity index (χ1n) is 8.13. The molecule has 5 heteroatoms. The number of hydrogen-bond acceptors (Lipinski definition) is 3. The minimum absolute atomic E-state index is 0.0965. The van der Waals surface area contributed by atoms with Gasteiger partial charge in [0.1, 0.15) is 0 Å². The highest BCUT2D eigenvalue weighted by Gasteiger charge is 2.42. The Kier molecular flexibility index (Phi) is 5.33. The molecule has 2 rings (SSSR count). The van der Waals surface area contributed by atoms with Gasteiger partial charge in [0.15, 0.2) is 0 Å². The summed E-state index contributed by atoms with van der Waals surface area (Å²) in [6.07, 6.45) is 6.57. The summed E-state index contributed by atoms with van der Waals surface area (Å²) in [6, 6.07) is 0.0965. The zero-order valence-corrected chi connectivity index (χ0v) is 14.6. The highest BCUT2D eigenvalue weighted by atomic mass is 35.5. The van der Waals surface area contributed by atoms with Crippen LogP contribution in [0.15, 0.2) is 0 Å². The molecule has 0 aromatic carbocycles. The minimum atomic E-state index is 0.0965. The summed E-state index contributed by atoms with van der Waals surface area (Å²) in [6.45, 7) is 5.04. The molecule has 2 N–H and O–H groups in total. The van der Waals surface area contributed by atoms with E-state index in [4.69, 9.17) is 17.3 Å². The lowest BCUT2D eigenvalue weighted by molar-refractivity contribution is 0.122. The predicted octanol–water partition coefficient (Wildman–Crippen LogP) is 2.86. The van der Waals surface area contributed by atoms with E-state index in [9.17, 15) is 0 Å². The molecule has 1 saturated carbocycles. The molecule has 21 heavy (non-hydrogen) atoms. The molecule has 1 atom stereocenters. The van der Waals surface area contributed by atoms with Gasteiger partial charge in [0, 0.05) is 24.5 Å². The molecule has 1 aliphatic rings. The monoisotopic (exact) mass is 312 g/mol. The Morgan fingerprint density at radius 3 is 2.43 bits per heavy atom. The molecular weight excluding hydrogens is 284 g/mol. The maximum Gasteiger partial charge on any atom is 0.0850 e. The lowest BCUT2D eigenvalue weighted by atomic mass is 9.84. The summed E-state index contributed by atoms with van der Waals surface area (Å²) >= 11 is 6.53. The average molecular weight is 313 g/mol. The minimum Gasteiger partial charge on any atom is -0.326 e. The Hall–Kier alpha value is -0.580. The van der Waals surface area contributed by atoms with Gasteiger partial charge in [-0.15, -0.1) is 0 Å². The molecule has 0 amide bonds. The van der Waals surface area contributed by atoms with Crippen LogP contribution < -0.4 is 5.73 Å². The van der Waals surface area contributed by atoms with Crippen LogP contribution >= 0.6 is 11.6 Å². The second-order valence-corrected chi connectivity index (χ2v) is 6.77. The normalized spacial score (nSPS) is 19.4. The van der Waals surface area contributed by atoms with Crippen molar-refractivity contribution in [3.8, 4) is 0 Å². The molecule has 1 heterocycles. The number of hydrogen-bond donors (Lipinski definition) is 1. The quantitative estimate of drug-likeness (QED) is 0.878.